The number of carbonyl (C=O) groups is 2. The van der Waals surface area contributed by atoms with Crippen LogP contribution in [0.25, 0.3) is 0 Å². The lowest BCUT2D eigenvalue weighted by Crippen LogP contribution is -2.45. The molecule has 0 fully saturated rings. The second-order valence-electron chi connectivity index (χ2n) is 10.4. The lowest BCUT2D eigenvalue weighted by Gasteiger charge is -2.41. The van der Waals surface area contributed by atoms with E-state index >= 15 is 0 Å². The van der Waals surface area contributed by atoms with Gasteiger partial charge in [0, 0.05) is 25.0 Å². The van der Waals surface area contributed by atoms with Crippen molar-refractivity contribution in [1.29, 1.82) is 0 Å². The van der Waals surface area contributed by atoms with Gasteiger partial charge in [0.2, 0.25) is 5.91 Å². The zero-order valence-electron chi connectivity index (χ0n) is 21.7. The van der Waals surface area contributed by atoms with E-state index in [9.17, 15) is 14.0 Å². The van der Waals surface area contributed by atoms with Crippen molar-refractivity contribution in [1.82, 2.24) is 15.1 Å². The van der Waals surface area contributed by atoms with Crippen molar-refractivity contribution in [2.24, 2.45) is 5.41 Å². The molecule has 35 heavy (non-hydrogen) atoms. The molecule has 1 aliphatic heterocycles. The van der Waals surface area contributed by atoms with Gasteiger partial charge in [-0.05, 0) is 67.9 Å². The number of ether oxygens (including phenoxy) is 1. The molecule has 0 saturated heterocycles. The molecule has 0 spiro atoms. The maximum atomic E-state index is 14.2. The van der Waals surface area contributed by atoms with Gasteiger partial charge in [0.1, 0.15) is 11.6 Å². The number of rotatable bonds is 8. The van der Waals surface area contributed by atoms with Crippen LogP contribution in [-0.4, -0.2) is 61.4 Å². The Balaban J connectivity index is 1.94. The smallest absolute Gasteiger partial charge is 0.261 e. The van der Waals surface area contributed by atoms with E-state index in [1.807, 2.05) is 75.9 Å². The Bertz CT molecular complexity index is 1050. The zero-order valence-corrected chi connectivity index (χ0v) is 21.7. The highest BCUT2D eigenvalue weighted by Crippen LogP contribution is 2.39. The van der Waals surface area contributed by atoms with Gasteiger partial charge in [0.05, 0.1) is 6.04 Å². The Kier molecular flexibility index (Phi) is 8.54. The van der Waals surface area contributed by atoms with Gasteiger partial charge < -0.3 is 19.9 Å². The summed E-state index contributed by atoms with van der Waals surface area (Å²) in [5, 5.41) is 2.93. The predicted molar refractivity (Wildman–Crippen MR) is 136 cm³/mol. The van der Waals surface area contributed by atoms with E-state index in [1.54, 1.807) is 6.07 Å². The maximum absolute atomic E-state index is 14.2. The molecule has 2 aromatic rings. The highest BCUT2D eigenvalue weighted by molar-refractivity contribution is 5.83. The summed E-state index contributed by atoms with van der Waals surface area (Å²) in [5.74, 6) is 0.0733. The van der Waals surface area contributed by atoms with E-state index in [0.29, 0.717) is 37.2 Å². The summed E-state index contributed by atoms with van der Waals surface area (Å²) >= 11 is 0. The molecule has 1 heterocycles. The van der Waals surface area contributed by atoms with Gasteiger partial charge in [0.15, 0.2) is 6.10 Å². The molecule has 0 aromatic heterocycles. The second-order valence-corrected chi connectivity index (χ2v) is 10.4. The van der Waals surface area contributed by atoms with E-state index in [0.717, 1.165) is 17.7 Å². The Hall–Kier alpha value is -2.93. The minimum atomic E-state index is -0.626. The largest absolute Gasteiger partial charge is 0.481 e. The molecule has 3 rings (SSSR count). The summed E-state index contributed by atoms with van der Waals surface area (Å²) in [6, 6.07) is 11.8. The van der Waals surface area contributed by atoms with Crippen molar-refractivity contribution >= 4 is 11.8 Å². The van der Waals surface area contributed by atoms with Crippen LogP contribution < -0.4 is 10.1 Å². The van der Waals surface area contributed by atoms with Crippen LogP contribution in [0.1, 0.15) is 56.8 Å². The molecule has 1 aliphatic rings. The topological polar surface area (TPSA) is 61.9 Å². The van der Waals surface area contributed by atoms with Gasteiger partial charge in [-0.2, -0.15) is 0 Å². The maximum Gasteiger partial charge on any atom is 0.261 e. The second kappa shape index (κ2) is 11.2. The molecule has 1 N–H and O–H groups in total. The van der Waals surface area contributed by atoms with Crippen LogP contribution in [0, 0.1) is 11.2 Å². The average Bonchev–Trinajstić information content (AvgIpc) is 2.80. The first-order chi connectivity index (χ1) is 16.5. The van der Waals surface area contributed by atoms with Gasteiger partial charge >= 0.3 is 0 Å². The average molecular weight is 484 g/mol. The minimum Gasteiger partial charge on any atom is -0.481 e. The molecule has 7 heteroatoms. The van der Waals surface area contributed by atoms with E-state index in [1.165, 1.54) is 12.1 Å². The lowest BCUT2D eigenvalue weighted by molar-refractivity contribution is -0.141. The van der Waals surface area contributed by atoms with Crippen LogP contribution in [0.5, 0.6) is 5.75 Å². The Morgan fingerprint density at radius 3 is 2.57 bits per heavy atom. The first-order valence-corrected chi connectivity index (χ1v) is 12.3. The number of hydrogen-bond donors (Lipinski definition) is 1. The van der Waals surface area contributed by atoms with E-state index in [-0.39, 0.29) is 17.6 Å². The number of nitrogens with one attached hydrogen (secondary N) is 1. The summed E-state index contributed by atoms with van der Waals surface area (Å²) < 4.78 is 20.3. The van der Waals surface area contributed by atoms with Crippen molar-refractivity contribution in [3.05, 3.63) is 65.0 Å². The highest BCUT2D eigenvalue weighted by atomic mass is 19.1. The monoisotopic (exact) mass is 483 g/mol. The third kappa shape index (κ3) is 6.60. The third-order valence-corrected chi connectivity index (χ3v) is 6.21. The molecule has 0 bridgehead atoms. The SMILES string of the molecule is CCC(Oc1ccc2c(c1)C(c1cccc(F)c1)N(C(=O)C(C)(C)C)CC2)C(=O)NCCN(C)C. The van der Waals surface area contributed by atoms with Gasteiger partial charge in [-0.25, -0.2) is 4.39 Å². The number of nitrogens with zero attached hydrogens (tertiary/aromatic N) is 2. The van der Waals surface area contributed by atoms with Crippen molar-refractivity contribution in [2.45, 2.75) is 52.7 Å². The molecule has 0 radical (unpaired) electrons. The Labute approximate surface area is 208 Å². The van der Waals surface area contributed by atoms with Gasteiger partial charge in [-0.1, -0.05) is 45.9 Å². The fourth-order valence-electron chi connectivity index (χ4n) is 4.36. The minimum absolute atomic E-state index is 0.00966. The van der Waals surface area contributed by atoms with E-state index in [2.05, 4.69) is 5.32 Å². The number of fused-ring (bicyclic) bond motifs is 1. The highest BCUT2D eigenvalue weighted by Gasteiger charge is 2.37. The summed E-state index contributed by atoms with van der Waals surface area (Å²) in [7, 11) is 3.91. The van der Waals surface area contributed by atoms with Crippen LogP contribution >= 0.6 is 0 Å². The fourth-order valence-corrected chi connectivity index (χ4v) is 4.36. The quantitative estimate of drug-likeness (QED) is 0.612. The van der Waals surface area contributed by atoms with Crippen LogP contribution in [0.15, 0.2) is 42.5 Å². The predicted octanol–water partition coefficient (Wildman–Crippen LogP) is 4.18. The first-order valence-electron chi connectivity index (χ1n) is 12.3. The molecule has 2 atom stereocenters. The Morgan fingerprint density at radius 2 is 1.94 bits per heavy atom. The van der Waals surface area contributed by atoms with Crippen LogP contribution in [-0.2, 0) is 16.0 Å². The summed E-state index contributed by atoms with van der Waals surface area (Å²) in [4.78, 5) is 29.9. The van der Waals surface area contributed by atoms with Crippen LogP contribution in [0.4, 0.5) is 4.39 Å². The van der Waals surface area contributed by atoms with Crippen LogP contribution in [0.2, 0.25) is 0 Å². The molecular formula is C28H38FN3O3. The number of carbonyl (C=O) groups excluding carboxylic acids is 2. The molecule has 0 saturated carbocycles. The van der Waals surface area contributed by atoms with Crippen molar-refractivity contribution in [3.8, 4) is 5.75 Å². The van der Waals surface area contributed by atoms with Gasteiger partial charge in [-0.3, -0.25) is 9.59 Å². The number of likely N-dealkylation sites (N-methyl/N-ethyl adjacent to an activating group) is 1. The number of benzene rings is 2. The standard InChI is InChI=1S/C28H38FN3O3/c1-7-24(26(33)30-14-16-31(5)6)35-22-12-11-19-13-15-32(27(34)28(2,3)4)25(23(19)18-22)20-9-8-10-21(29)17-20/h8-12,17-18,24-25H,7,13-16H2,1-6H3,(H,30,33). The zero-order chi connectivity index (χ0) is 25.8. The van der Waals surface area contributed by atoms with Gasteiger partial charge in [-0.15, -0.1) is 0 Å². The summed E-state index contributed by atoms with van der Waals surface area (Å²) in [6.45, 7) is 9.44. The first kappa shape index (κ1) is 26.7. The van der Waals surface area contributed by atoms with Crippen LogP contribution in [0.3, 0.4) is 0 Å². The number of hydrogen-bond acceptors (Lipinski definition) is 4. The third-order valence-electron chi connectivity index (χ3n) is 6.21. The molecule has 2 aromatic carbocycles. The molecule has 6 nitrogen and oxygen atoms in total. The number of amides is 2. The molecule has 190 valence electrons. The lowest BCUT2D eigenvalue weighted by atomic mass is 9.85. The Morgan fingerprint density at radius 1 is 1.20 bits per heavy atom. The van der Waals surface area contributed by atoms with E-state index < -0.39 is 17.6 Å². The normalized spacial score (nSPS) is 16.6. The van der Waals surface area contributed by atoms with Crippen molar-refractivity contribution < 1.29 is 18.7 Å². The van der Waals surface area contributed by atoms with Gasteiger partial charge in [0.25, 0.3) is 5.91 Å². The molecular weight excluding hydrogens is 445 g/mol. The fraction of sp³-hybridized carbons (Fsp3) is 0.500. The van der Waals surface area contributed by atoms with Crippen molar-refractivity contribution in [3.63, 3.8) is 0 Å². The number of halogens is 1. The summed E-state index contributed by atoms with van der Waals surface area (Å²) in [5.41, 5.74) is 2.14. The van der Waals surface area contributed by atoms with E-state index in [4.69, 9.17) is 4.74 Å². The van der Waals surface area contributed by atoms with Crippen molar-refractivity contribution in [2.75, 3.05) is 33.7 Å². The molecule has 2 amide bonds. The molecule has 2 unspecified atom stereocenters. The summed E-state index contributed by atoms with van der Waals surface area (Å²) in [6.07, 6.45) is 0.594. The molecule has 0 aliphatic carbocycles.